The van der Waals surface area contributed by atoms with Crippen LogP contribution in [0.25, 0.3) is 0 Å². The second-order valence-corrected chi connectivity index (χ2v) is 9.54. The molecule has 0 aliphatic rings. The molecule has 0 spiro atoms. The summed E-state index contributed by atoms with van der Waals surface area (Å²) in [6, 6.07) is 0. The zero-order chi connectivity index (χ0) is 21.7. The molecule has 4 nitrogen and oxygen atoms in total. The molecule has 0 aromatic carbocycles. The number of carbonyl (C=O) groups is 1. The first-order valence-electron chi connectivity index (χ1n) is 11.8. The van der Waals surface area contributed by atoms with Crippen molar-refractivity contribution in [3.8, 4) is 0 Å². The molecule has 0 saturated carbocycles. The van der Waals surface area contributed by atoms with Gasteiger partial charge in [0.1, 0.15) is 0 Å². The summed E-state index contributed by atoms with van der Waals surface area (Å²) >= 11 is 0. The molecule has 4 heteroatoms. The molecule has 0 aromatic heterocycles. The highest BCUT2D eigenvalue weighted by Gasteiger charge is 2.05. The molecule has 0 fully saturated rings. The lowest BCUT2D eigenvalue weighted by Gasteiger charge is -2.24. The van der Waals surface area contributed by atoms with Gasteiger partial charge < -0.3 is 19.3 Å². The number of aliphatic carboxylic acids is 1. The van der Waals surface area contributed by atoms with Gasteiger partial charge in [-0.1, -0.05) is 84.0 Å². The molecule has 0 saturated heterocycles. The van der Waals surface area contributed by atoms with Crippen LogP contribution in [-0.2, 0) is 4.79 Å². The Morgan fingerprint density at radius 3 is 1.43 bits per heavy atom. The normalized spacial score (nSPS) is 11.4. The van der Waals surface area contributed by atoms with E-state index in [1.54, 1.807) is 0 Å². The van der Waals surface area contributed by atoms with Crippen LogP contribution in [0.5, 0.6) is 0 Å². The van der Waals surface area contributed by atoms with Gasteiger partial charge in [0.05, 0.1) is 27.7 Å². The van der Waals surface area contributed by atoms with Crippen molar-refractivity contribution in [2.75, 3.05) is 48.3 Å². The van der Waals surface area contributed by atoms with Crippen LogP contribution in [0.4, 0.5) is 0 Å². The number of carboxylic acid groups (broad SMARTS) is 1. The van der Waals surface area contributed by atoms with Crippen LogP contribution in [0, 0.1) is 0 Å². The maximum absolute atomic E-state index is 10.2. The Kier molecular flexibility index (Phi) is 22.3. The summed E-state index contributed by atoms with van der Waals surface area (Å²) in [5, 5.41) is 10.2. The molecule has 28 heavy (non-hydrogen) atoms. The molecule has 0 aromatic rings. The lowest BCUT2D eigenvalue weighted by atomic mass is 10.0. The monoisotopic (exact) mass is 400 g/mol. The van der Waals surface area contributed by atoms with Gasteiger partial charge in [-0.3, -0.25) is 0 Å². The maximum atomic E-state index is 10.2. The third kappa shape index (κ3) is 33.0. The lowest BCUT2D eigenvalue weighted by molar-refractivity contribution is -0.870. The predicted octanol–water partition coefficient (Wildman–Crippen LogP) is 4.86. The Balaban J connectivity index is 0. The van der Waals surface area contributed by atoms with E-state index in [4.69, 9.17) is 0 Å². The van der Waals surface area contributed by atoms with Crippen molar-refractivity contribution in [2.45, 2.75) is 103 Å². The van der Waals surface area contributed by atoms with Crippen molar-refractivity contribution in [3.63, 3.8) is 0 Å². The number of hydrogen-bond donors (Lipinski definition) is 0. The number of nitrogens with zero attached hydrogens (tertiary/aromatic N) is 2. The van der Waals surface area contributed by atoms with Gasteiger partial charge in [0.2, 0.25) is 0 Å². The van der Waals surface area contributed by atoms with Crippen LogP contribution in [0.2, 0.25) is 0 Å². The molecule has 0 aliphatic heterocycles. The van der Waals surface area contributed by atoms with E-state index in [0.717, 1.165) is 17.3 Å². The topological polar surface area (TPSA) is 43.4 Å². The molecule has 0 heterocycles. The van der Waals surface area contributed by atoms with Crippen LogP contribution in [-0.4, -0.2) is 63.7 Å². The number of carbonyl (C=O) groups excluding carboxylic acids is 1. The highest BCUT2D eigenvalue weighted by Crippen LogP contribution is 2.12. The second-order valence-electron chi connectivity index (χ2n) is 9.54. The van der Waals surface area contributed by atoms with Crippen molar-refractivity contribution in [2.24, 2.45) is 0 Å². The fraction of sp³-hybridized carbons (Fsp3) is 0.958. The molecule has 0 unspecified atom stereocenters. The summed E-state index contributed by atoms with van der Waals surface area (Å²) < 4.78 is 1.08. The van der Waals surface area contributed by atoms with Crippen LogP contribution < -0.4 is 5.11 Å². The summed E-state index contributed by atoms with van der Waals surface area (Å²) in [5.41, 5.74) is 0. The molecule has 170 valence electrons. The van der Waals surface area contributed by atoms with E-state index < -0.39 is 5.97 Å². The van der Waals surface area contributed by atoms with Gasteiger partial charge in [-0.25, -0.2) is 0 Å². The van der Waals surface area contributed by atoms with Gasteiger partial charge in [0.15, 0.2) is 0 Å². The Hall–Kier alpha value is -0.610. The molecule has 0 amide bonds. The van der Waals surface area contributed by atoms with E-state index in [-0.39, 0.29) is 6.42 Å². The molecule has 0 N–H and O–H groups in total. The van der Waals surface area contributed by atoms with Crippen molar-refractivity contribution >= 4 is 5.97 Å². The van der Waals surface area contributed by atoms with Crippen molar-refractivity contribution in [3.05, 3.63) is 0 Å². The summed E-state index contributed by atoms with van der Waals surface area (Å²) in [4.78, 5) is 12.4. The van der Waals surface area contributed by atoms with Gasteiger partial charge in [-0.05, 0) is 26.9 Å². The number of hydrogen-bond acceptors (Lipinski definition) is 3. The van der Waals surface area contributed by atoms with Gasteiger partial charge >= 0.3 is 0 Å². The first kappa shape index (κ1) is 29.6. The van der Waals surface area contributed by atoms with Crippen LogP contribution >= 0.6 is 0 Å². The van der Waals surface area contributed by atoms with E-state index in [1.165, 1.54) is 90.1 Å². The first-order chi connectivity index (χ1) is 13.2. The number of quaternary nitrogens is 1. The van der Waals surface area contributed by atoms with Crippen molar-refractivity contribution < 1.29 is 14.4 Å². The smallest absolute Gasteiger partial charge is 0.0792 e. The lowest BCUT2D eigenvalue weighted by Crippen LogP contribution is -2.36. The molecule has 0 rings (SSSR count). The quantitative estimate of drug-likeness (QED) is 0.244. The Morgan fingerprint density at radius 1 is 0.714 bits per heavy atom. The minimum absolute atomic E-state index is 0.234. The Labute approximate surface area is 177 Å². The number of rotatable bonds is 18. The minimum Gasteiger partial charge on any atom is -0.550 e. The molecular formula is C24H52N2O2. The maximum Gasteiger partial charge on any atom is 0.0792 e. The second kappa shape index (κ2) is 21.1. The van der Waals surface area contributed by atoms with Crippen molar-refractivity contribution in [1.82, 2.24) is 4.90 Å². The predicted molar refractivity (Wildman–Crippen MR) is 121 cm³/mol. The fourth-order valence-corrected chi connectivity index (χ4v) is 3.15. The molecule has 0 radical (unpaired) electrons. The summed E-state index contributed by atoms with van der Waals surface area (Å²) in [6.45, 7) is 4.72. The van der Waals surface area contributed by atoms with Crippen LogP contribution in [0.3, 0.4) is 0 Å². The molecular weight excluding hydrogens is 348 g/mol. The largest absolute Gasteiger partial charge is 0.550 e. The first-order valence-corrected chi connectivity index (χ1v) is 11.8. The van der Waals surface area contributed by atoms with Gasteiger partial charge in [0.25, 0.3) is 0 Å². The molecule has 0 atom stereocenters. The van der Waals surface area contributed by atoms with E-state index in [1.807, 2.05) is 0 Å². The van der Waals surface area contributed by atoms with Crippen molar-refractivity contribution in [1.29, 1.82) is 0 Å². The third-order valence-corrected chi connectivity index (χ3v) is 4.92. The minimum atomic E-state index is -0.905. The van der Waals surface area contributed by atoms with E-state index in [0.29, 0.717) is 0 Å². The average molecular weight is 401 g/mol. The average Bonchev–Trinajstić information content (AvgIpc) is 2.58. The van der Waals surface area contributed by atoms with E-state index in [2.05, 4.69) is 47.1 Å². The number of carboxylic acids is 1. The third-order valence-electron chi connectivity index (χ3n) is 4.92. The van der Waals surface area contributed by atoms with Crippen LogP contribution in [0.15, 0.2) is 0 Å². The van der Waals surface area contributed by atoms with E-state index in [9.17, 15) is 9.90 Å². The van der Waals surface area contributed by atoms with Gasteiger partial charge in [0, 0.05) is 18.9 Å². The highest BCUT2D eigenvalue weighted by molar-refractivity contribution is 5.63. The molecule has 0 aliphatic carbocycles. The van der Waals surface area contributed by atoms with E-state index >= 15 is 0 Å². The van der Waals surface area contributed by atoms with Gasteiger partial charge in [-0.2, -0.15) is 0 Å². The SMILES string of the molecule is CCCCCCCCCCCCCCCC(=O)[O-].CN(C)CCC[N+](C)(C)C. The fourth-order valence-electron chi connectivity index (χ4n) is 3.15. The zero-order valence-electron chi connectivity index (χ0n) is 20.2. The molecule has 0 bridgehead atoms. The summed E-state index contributed by atoms with van der Waals surface area (Å²) in [6.07, 6.45) is 18.2. The van der Waals surface area contributed by atoms with Crippen LogP contribution in [0.1, 0.15) is 103 Å². The van der Waals surface area contributed by atoms with Gasteiger partial charge in [-0.15, -0.1) is 0 Å². The summed E-state index contributed by atoms with van der Waals surface area (Å²) in [7, 11) is 10.9. The highest BCUT2D eigenvalue weighted by atomic mass is 16.4. The number of unbranched alkanes of at least 4 members (excludes halogenated alkanes) is 12. The summed E-state index contributed by atoms with van der Waals surface area (Å²) in [5.74, 6) is -0.905. The Bertz CT molecular complexity index is 325. The Morgan fingerprint density at radius 2 is 1.11 bits per heavy atom. The zero-order valence-corrected chi connectivity index (χ0v) is 20.2. The standard InChI is InChI=1S/C16H32O2.C8H21N2/c1-2-3-4-5-6-7-8-9-10-11-12-13-14-15-16(17)18;1-9(2)7-6-8-10(3,4)5/h2-15H2,1H3,(H,17,18);6-8H2,1-5H3/q;+1/p-1.